The number of likely N-dealkylation sites (N-methyl/N-ethyl adjacent to an activating group) is 1. The molecule has 4 nitrogen and oxygen atoms in total. The highest BCUT2D eigenvalue weighted by molar-refractivity contribution is 5.24. The van der Waals surface area contributed by atoms with Gasteiger partial charge in [-0.3, -0.25) is 0 Å². The number of hydrogen-bond donors (Lipinski definition) is 1. The van der Waals surface area contributed by atoms with E-state index in [0.29, 0.717) is 17.9 Å². The number of hydrogen-bond acceptors (Lipinski definition) is 4. The summed E-state index contributed by atoms with van der Waals surface area (Å²) in [6.07, 6.45) is 2.01. The van der Waals surface area contributed by atoms with Gasteiger partial charge in [0.15, 0.2) is 0 Å². The Morgan fingerprint density at radius 2 is 2.11 bits per heavy atom. The molecule has 100 valence electrons. The van der Waals surface area contributed by atoms with Gasteiger partial charge in [0.1, 0.15) is 12.1 Å². The Balaban J connectivity index is 2.21. The highest BCUT2D eigenvalue weighted by Crippen LogP contribution is 2.20. The summed E-state index contributed by atoms with van der Waals surface area (Å²) in [6.45, 7) is 0. The number of methoxy groups -OCH3 is 1. The van der Waals surface area contributed by atoms with E-state index in [1.807, 2.05) is 6.07 Å². The molecular weight excluding hydrogens is 245 g/mol. The van der Waals surface area contributed by atoms with Gasteiger partial charge in [-0.1, -0.05) is 18.2 Å². The summed E-state index contributed by atoms with van der Waals surface area (Å²) in [5, 5.41) is 3.10. The fraction of sp³-hybridized carbons (Fsp3) is 0.286. The average Bonchev–Trinajstić information content (AvgIpc) is 2.46. The lowest BCUT2D eigenvalue weighted by atomic mass is 10.0. The lowest BCUT2D eigenvalue weighted by molar-refractivity contribution is 0.395. The van der Waals surface area contributed by atoms with Crippen molar-refractivity contribution in [2.45, 2.75) is 12.5 Å². The zero-order chi connectivity index (χ0) is 13.7. The molecule has 0 saturated carbocycles. The SMILES string of the molecule is CNC(Cc1cc(OC)ncn1)c1ccccc1F. The van der Waals surface area contributed by atoms with E-state index in [-0.39, 0.29) is 11.9 Å². The molecule has 0 aliphatic carbocycles. The van der Waals surface area contributed by atoms with Crippen LogP contribution in [0.15, 0.2) is 36.7 Å². The molecule has 1 N–H and O–H groups in total. The summed E-state index contributed by atoms with van der Waals surface area (Å²) in [5.74, 6) is 0.288. The number of nitrogens with zero attached hydrogens (tertiary/aromatic N) is 2. The van der Waals surface area contributed by atoms with Gasteiger partial charge in [0.05, 0.1) is 7.11 Å². The third-order valence-electron chi connectivity index (χ3n) is 2.95. The molecule has 0 radical (unpaired) electrons. The molecule has 1 heterocycles. The minimum absolute atomic E-state index is 0.138. The lowest BCUT2D eigenvalue weighted by Gasteiger charge is -2.17. The number of benzene rings is 1. The Morgan fingerprint density at radius 3 is 2.79 bits per heavy atom. The van der Waals surface area contributed by atoms with Crippen molar-refractivity contribution in [1.82, 2.24) is 15.3 Å². The smallest absolute Gasteiger partial charge is 0.216 e. The summed E-state index contributed by atoms with van der Waals surface area (Å²) < 4.78 is 18.8. The molecule has 5 heteroatoms. The van der Waals surface area contributed by atoms with Crippen LogP contribution in [0.4, 0.5) is 4.39 Å². The van der Waals surface area contributed by atoms with Crippen LogP contribution < -0.4 is 10.1 Å². The molecule has 0 spiro atoms. The van der Waals surface area contributed by atoms with E-state index < -0.39 is 0 Å². The average molecular weight is 261 g/mol. The predicted molar refractivity (Wildman–Crippen MR) is 70.5 cm³/mol. The first-order chi connectivity index (χ1) is 9.24. The van der Waals surface area contributed by atoms with Crippen LogP contribution in [0.1, 0.15) is 17.3 Å². The molecule has 0 aliphatic heterocycles. The maximum atomic E-state index is 13.8. The Morgan fingerprint density at radius 1 is 1.32 bits per heavy atom. The summed E-state index contributed by atoms with van der Waals surface area (Å²) in [5.41, 5.74) is 1.43. The second kappa shape index (κ2) is 6.24. The Kier molecular flexibility index (Phi) is 4.41. The van der Waals surface area contributed by atoms with Crippen LogP contribution in [0.5, 0.6) is 5.88 Å². The van der Waals surface area contributed by atoms with Crippen LogP contribution in [-0.4, -0.2) is 24.1 Å². The van der Waals surface area contributed by atoms with Gasteiger partial charge in [-0.05, 0) is 13.1 Å². The number of nitrogens with one attached hydrogen (secondary N) is 1. The third-order valence-corrected chi connectivity index (χ3v) is 2.95. The van der Waals surface area contributed by atoms with Crippen molar-refractivity contribution in [1.29, 1.82) is 0 Å². The summed E-state index contributed by atoms with van der Waals surface area (Å²) >= 11 is 0. The van der Waals surface area contributed by atoms with Gasteiger partial charge in [0, 0.05) is 29.8 Å². The van der Waals surface area contributed by atoms with Crippen molar-refractivity contribution in [3.05, 3.63) is 53.7 Å². The minimum atomic E-state index is -0.220. The normalized spacial score (nSPS) is 12.2. The van der Waals surface area contributed by atoms with Crippen molar-refractivity contribution >= 4 is 0 Å². The van der Waals surface area contributed by atoms with Crippen LogP contribution in [0, 0.1) is 5.82 Å². The van der Waals surface area contributed by atoms with Gasteiger partial charge in [-0.15, -0.1) is 0 Å². The lowest BCUT2D eigenvalue weighted by Crippen LogP contribution is -2.20. The van der Waals surface area contributed by atoms with E-state index in [2.05, 4.69) is 15.3 Å². The van der Waals surface area contributed by atoms with E-state index in [1.165, 1.54) is 12.4 Å². The third kappa shape index (κ3) is 3.26. The number of ether oxygens (including phenoxy) is 1. The van der Waals surface area contributed by atoms with Gasteiger partial charge in [0.25, 0.3) is 0 Å². The van der Waals surface area contributed by atoms with E-state index in [4.69, 9.17) is 4.74 Å². The standard InChI is InChI=1S/C14H16FN3O/c1-16-13(11-5-3-4-6-12(11)15)7-10-8-14(19-2)18-9-17-10/h3-6,8-9,13,16H,7H2,1-2H3. The molecule has 2 aromatic rings. The summed E-state index contributed by atoms with van der Waals surface area (Å²) in [4.78, 5) is 8.13. The van der Waals surface area contributed by atoms with Crippen molar-refractivity contribution in [2.24, 2.45) is 0 Å². The molecule has 2 rings (SSSR count). The van der Waals surface area contributed by atoms with Crippen molar-refractivity contribution in [3.8, 4) is 5.88 Å². The molecule has 0 aliphatic rings. The first kappa shape index (κ1) is 13.4. The quantitative estimate of drug-likeness (QED) is 0.895. The number of aromatic nitrogens is 2. The molecule has 1 atom stereocenters. The fourth-order valence-corrected chi connectivity index (χ4v) is 1.93. The largest absolute Gasteiger partial charge is 0.481 e. The monoisotopic (exact) mass is 261 g/mol. The Labute approximate surface area is 111 Å². The maximum absolute atomic E-state index is 13.8. The first-order valence-electron chi connectivity index (χ1n) is 6.01. The summed E-state index contributed by atoms with van der Waals surface area (Å²) in [7, 11) is 3.36. The second-order valence-electron chi connectivity index (χ2n) is 4.12. The van der Waals surface area contributed by atoms with Crippen molar-refractivity contribution in [3.63, 3.8) is 0 Å². The van der Waals surface area contributed by atoms with E-state index >= 15 is 0 Å². The zero-order valence-corrected chi connectivity index (χ0v) is 10.9. The van der Waals surface area contributed by atoms with Crippen LogP contribution in [-0.2, 0) is 6.42 Å². The molecule has 19 heavy (non-hydrogen) atoms. The molecule has 0 fully saturated rings. The highest BCUT2D eigenvalue weighted by atomic mass is 19.1. The topological polar surface area (TPSA) is 47.0 Å². The van der Waals surface area contributed by atoms with Gasteiger partial charge >= 0.3 is 0 Å². The Hall–Kier alpha value is -2.01. The first-order valence-corrected chi connectivity index (χ1v) is 6.01. The van der Waals surface area contributed by atoms with Gasteiger partial charge in [-0.2, -0.15) is 0 Å². The zero-order valence-electron chi connectivity index (χ0n) is 10.9. The van der Waals surface area contributed by atoms with E-state index in [1.54, 1.807) is 32.4 Å². The molecule has 0 bridgehead atoms. The minimum Gasteiger partial charge on any atom is -0.481 e. The fourth-order valence-electron chi connectivity index (χ4n) is 1.93. The maximum Gasteiger partial charge on any atom is 0.216 e. The van der Waals surface area contributed by atoms with Crippen LogP contribution in [0.25, 0.3) is 0 Å². The molecule has 1 unspecified atom stereocenters. The van der Waals surface area contributed by atoms with Gasteiger partial charge in [0.2, 0.25) is 5.88 Å². The molecule has 1 aromatic heterocycles. The second-order valence-corrected chi connectivity index (χ2v) is 4.12. The summed E-state index contributed by atoms with van der Waals surface area (Å²) in [6, 6.07) is 8.35. The van der Waals surface area contributed by atoms with Gasteiger partial charge in [-0.25, -0.2) is 14.4 Å². The molecule has 1 aromatic carbocycles. The van der Waals surface area contributed by atoms with Crippen molar-refractivity contribution < 1.29 is 9.13 Å². The van der Waals surface area contributed by atoms with Crippen LogP contribution in [0.2, 0.25) is 0 Å². The molecular formula is C14H16FN3O. The van der Waals surface area contributed by atoms with Gasteiger partial charge < -0.3 is 10.1 Å². The predicted octanol–water partition coefficient (Wildman–Crippen LogP) is 2.13. The van der Waals surface area contributed by atoms with E-state index in [9.17, 15) is 4.39 Å². The Bertz CT molecular complexity index is 548. The number of halogens is 1. The highest BCUT2D eigenvalue weighted by Gasteiger charge is 2.15. The molecule has 0 saturated heterocycles. The van der Waals surface area contributed by atoms with E-state index in [0.717, 1.165) is 5.69 Å². The number of rotatable bonds is 5. The van der Waals surface area contributed by atoms with Crippen molar-refractivity contribution in [2.75, 3.05) is 14.2 Å². The van der Waals surface area contributed by atoms with Crippen LogP contribution in [0.3, 0.4) is 0 Å². The van der Waals surface area contributed by atoms with Crippen LogP contribution >= 0.6 is 0 Å². The molecule has 0 amide bonds.